The zero-order valence-corrected chi connectivity index (χ0v) is 14.3. The lowest BCUT2D eigenvalue weighted by molar-refractivity contribution is 0.0951. The lowest BCUT2D eigenvalue weighted by Gasteiger charge is -2.05. The van der Waals surface area contributed by atoms with Crippen molar-refractivity contribution in [2.75, 3.05) is 12.3 Å². The van der Waals surface area contributed by atoms with Crippen molar-refractivity contribution in [2.45, 2.75) is 19.9 Å². The van der Waals surface area contributed by atoms with Crippen LogP contribution in [0, 0.1) is 6.92 Å². The average Bonchev–Trinajstić information content (AvgIpc) is 3.05. The molecular formula is C17H19N7O2. The normalized spacial score (nSPS) is 10.7. The van der Waals surface area contributed by atoms with Crippen LogP contribution in [0.3, 0.4) is 0 Å². The highest BCUT2D eigenvalue weighted by molar-refractivity contribution is 5.96. The average molecular weight is 353 g/mol. The van der Waals surface area contributed by atoms with E-state index in [9.17, 15) is 9.90 Å². The number of phenolic OH excluding ortho intramolecular Hbond substituents is 1. The summed E-state index contributed by atoms with van der Waals surface area (Å²) in [5, 5.41) is 20.5. The Bertz CT molecular complexity index is 923. The fourth-order valence-electron chi connectivity index (χ4n) is 2.40. The molecule has 0 unspecified atom stereocenters. The summed E-state index contributed by atoms with van der Waals surface area (Å²) < 4.78 is 1.64. The van der Waals surface area contributed by atoms with Crippen molar-refractivity contribution in [1.82, 2.24) is 30.3 Å². The molecule has 2 heterocycles. The number of rotatable bonds is 6. The SMILES string of the molecule is Cc1ncc(Cn2cc(CCNC(=O)c3ccccc3O)nn2)c(N)n1. The molecule has 3 rings (SSSR count). The van der Waals surface area contributed by atoms with Gasteiger partial charge >= 0.3 is 0 Å². The summed E-state index contributed by atoms with van der Waals surface area (Å²) >= 11 is 0. The first-order chi connectivity index (χ1) is 12.5. The van der Waals surface area contributed by atoms with Gasteiger partial charge in [0.15, 0.2) is 0 Å². The number of benzene rings is 1. The number of hydrogen-bond acceptors (Lipinski definition) is 7. The van der Waals surface area contributed by atoms with Crippen LogP contribution in [0.1, 0.15) is 27.4 Å². The van der Waals surface area contributed by atoms with E-state index in [0.717, 1.165) is 11.3 Å². The fourth-order valence-corrected chi connectivity index (χ4v) is 2.40. The molecule has 0 saturated heterocycles. The van der Waals surface area contributed by atoms with Crippen molar-refractivity contribution in [3.63, 3.8) is 0 Å². The molecule has 1 amide bonds. The number of anilines is 1. The van der Waals surface area contributed by atoms with Crippen LogP contribution in [0.2, 0.25) is 0 Å². The topological polar surface area (TPSA) is 132 Å². The number of aromatic hydroxyl groups is 1. The molecule has 1 aromatic carbocycles. The highest BCUT2D eigenvalue weighted by Crippen LogP contribution is 2.15. The van der Waals surface area contributed by atoms with E-state index in [-0.39, 0.29) is 17.2 Å². The van der Waals surface area contributed by atoms with Crippen LogP contribution in [0.15, 0.2) is 36.7 Å². The first-order valence-corrected chi connectivity index (χ1v) is 8.06. The Balaban J connectivity index is 1.54. The first-order valence-electron chi connectivity index (χ1n) is 8.06. The number of hydrogen-bond donors (Lipinski definition) is 3. The maximum atomic E-state index is 12.0. The second kappa shape index (κ2) is 7.60. The Kier molecular flexibility index (Phi) is 5.07. The van der Waals surface area contributed by atoms with Crippen LogP contribution < -0.4 is 11.1 Å². The van der Waals surface area contributed by atoms with Crippen molar-refractivity contribution >= 4 is 11.7 Å². The molecule has 0 bridgehead atoms. The number of aryl methyl sites for hydroxylation is 1. The Morgan fingerprint density at radius 1 is 1.35 bits per heavy atom. The van der Waals surface area contributed by atoms with E-state index in [1.807, 2.05) is 0 Å². The number of nitrogens with two attached hydrogens (primary N) is 1. The zero-order chi connectivity index (χ0) is 18.5. The molecule has 0 aliphatic carbocycles. The summed E-state index contributed by atoms with van der Waals surface area (Å²) in [7, 11) is 0. The highest BCUT2D eigenvalue weighted by atomic mass is 16.3. The Hall–Kier alpha value is -3.49. The summed E-state index contributed by atoms with van der Waals surface area (Å²) in [6.45, 7) is 2.57. The van der Waals surface area contributed by atoms with E-state index in [1.165, 1.54) is 6.07 Å². The van der Waals surface area contributed by atoms with Gasteiger partial charge in [0.05, 0.1) is 17.8 Å². The lowest BCUT2D eigenvalue weighted by atomic mass is 10.2. The predicted octanol–water partition coefficient (Wildman–Crippen LogP) is 0.685. The summed E-state index contributed by atoms with van der Waals surface area (Å²) in [4.78, 5) is 20.3. The second-order valence-corrected chi connectivity index (χ2v) is 5.76. The van der Waals surface area contributed by atoms with E-state index in [4.69, 9.17) is 5.73 Å². The minimum absolute atomic E-state index is 0.0474. The first kappa shape index (κ1) is 17.3. The van der Waals surface area contributed by atoms with Gasteiger partial charge in [-0.15, -0.1) is 5.10 Å². The highest BCUT2D eigenvalue weighted by Gasteiger charge is 2.10. The molecular weight excluding hydrogens is 334 g/mol. The van der Waals surface area contributed by atoms with Gasteiger partial charge in [-0.1, -0.05) is 17.3 Å². The third-order valence-corrected chi connectivity index (χ3v) is 3.75. The van der Waals surface area contributed by atoms with E-state index >= 15 is 0 Å². The number of aromatic nitrogens is 5. The van der Waals surface area contributed by atoms with E-state index in [0.29, 0.717) is 31.2 Å². The smallest absolute Gasteiger partial charge is 0.255 e. The molecule has 2 aromatic heterocycles. The van der Waals surface area contributed by atoms with Crippen molar-refractivity contribution < 1.29 is 9.90 Å². The van der Waals surface area contributed by atoms with Crippen LogP contribution in [-0.2, 0) is 13.0 Å². The van der Waals surface area contributed by atoms with Gasteiger partial charge in [-0.3, -0.25) is 4.79 Å². The summed E-state index contributed by atoms with van der Waals surface area (Å²) in [6, 6.07) is 6.40. The van der Waals surface area contributed by atoms with Crippen molar-refractivity contribution in [3.05, 3.63) is 59.3 Å². The van der Waals surface area contributed by atoms with E-state index in [1.54, 1.807) is 42.2 Å². The summed E-state index contributed by atoms with van der Waals surface area (Å²) in [5.41, 5.74) is 7.61. The monoisotopic (exact) mass is 353 g/mol. The van der Waals surface area contributed by atoms with E-state index in [2.05, 4.69) is 25.6 Å². The number of amides is 1. The number of phenols is 1. The van der Waals surface area contributed by atoms with Gasteiger partial charge in [-0.05, 0) is 19.1 Å². The van der Waals surface area contributed by atoms with Crippen molar-refractivity contribution in [1.29, 1.82) is 0 Å². The minimum atomic E-state index is -0.333. The van der Waals surface area contributed by atoms with Crippen LogP contribution in [0.25, 0.3) is 0 Å². The van der Waals surface area contributed by atoms with Crippen LogP contribution in [0.4, 0.5) is 5.82 Å². The molecule has 4 N–H and O–H groups in total. The molecule has 9 nitrogen and oxygen atoms in total. The summed E-state index contributed by atoms with van der Waals surface area (Å²) in [6.07, 6.45) is 3.97. The molecule has 0 saturated carbocycles. The van der Waals surface area contributed by atoms with Gasteiger partial charge < -0.3 is 16.2 Å². The number of nitrogens with one attached hydrogen (secondary N) is 1. The maximum Gasteiger partial charge on any atom is 0.255 e. The zero-order valence-electron chi connectivity index (χ0n) is 14.3. The molecule has 3 aromatic rings. The van der Waals surface area contributed by atoms with Crippen molar-refractivity contribution in [2.24, 2.45) is 0 Å². The third kappa shape index (κ3) is 4.12. The Labute approximate surface area is 149 Å². The largest absolute Gasteiger partial charge is 0.507 e. The van der Waals surface area contributed by atoms with Crippen LogP contribution in [0.5, 0.6) is 5.75 Å². The van der Waals surface area contributed by atoms with Crippen molar-refractivity contribution in [3.8, 4) is 5.75 Å². The van der Waals surface area contributed by atoms with Crippen LogP contribution in [-0.4, -0.2) is 42.5 Å². The molecule has 0 aliphatic rings. The van der Waals surface area contributed by atoms with Gasteiger partial charge in [0.1, 0.15) is 17.4 Å². The van der Waals surface area contributed by atoms with Crippen LogP contribution >= 0.6 is 0 Å². The predicted molar refractivity (Wildman–Crippen MR) is 94.4 cm³/mol. The van der Waals surface area contributed by atoms with E-state index < -0.39 is 0 Å². The second-order valence-electron chi connectivity index (χ2n) is 5.76. The standard InChI is InChI=1S/C17H19N7O2/c1-11-20-8-12(16(18)21-11)9-24-10-13(22-23-24)6-7-19-17(26)14-4-2-3-5-15(14)25/h2-5,8,10,25H,6-7,9H2,1H3,(H,19,26)(H2,18,20,21). The molecule has 0 spiro atoms. The number of para-hydroxylation sites is 1. The van der Waals surface area contributed by atoms with Gasteiger partial charge in [0, 0.05) is 30.9 Å². The van der Waals surface area contributed by atoms with Gasteiger partial charge in [0.25, 0.3) is 5.91 Å². The number of carbonyl (C=O) groups is 1. The molecule has 134 valence electrons. The quantitative estimate of drug-likeness (QED) is 0.594. The number of nitrogen functional groups attached to an aromatic ring is 1. The summed E-state index contributed by atoms with van der Waals surface area (Å²) in [5.74, 6) is 0.657. The molecule has 0 atom stereocenters. The Morgan fingerprint density at radius 2 is 2.15 bits per heavy atom. The fraction of sp³-hybridized carbons (Fsp3) is 0.235. The Morgan fingerprint density at radius 3 is 2.92 bits per heavy atom. The molecule has 0 radical (unpaired) electrons. The maximum absolute atomic E-state index is 12.0. The third-order valence-electron chi connectivity index (χ3n) is 3.75. The number of carbonyl (C=O) groups excluding carboxylic acids is 1. The molecule has 0 fully saturated rings. The lowest BCUT2D eigenvalue weighted by Crippen LogP contribution is -2.25. The molecule has 0 aliphatic heterocycles. The minimum Gasteiger partial charge on any atom is -0.507 e. The molecule has 26 heavy (non-hydrogen) atoms. The van der Waals surface area contributed by atoms with Gasteiger partial charge in [-0.2, -0.15) is 0 Å². The van der Waals surface area contributed by atoms with Gasteiger partial charge in [-0.25, -0.2) is 14.6 Å². The van der Waals surface area contributed by atoms with Gasteiger partial charge in [0.2, 0.25) is 0 Å². The molecule has 9 heteroatoms. The number of nitrogens with zero attached hydrogens (tertiary/aromatic N) is 5.